The maximum atomic E-state index is 9.35. The van der Waals surface area contributed by atoms with Crippen molar-refractivity contribution in [3.8, 4) is 11.5 Å². The summed E-state index contributed by atoms with van der Waals surface area (Å²) in [5.74, 6) is 1.22. The van der Waals surface area contributed by atoms with E-state index >= 15 is 0 Å². The molecule has 0 saturated carbocycles. The van der Waals surface area contributed by atoms with E-state index in [9.17, 15) is 5.11 Å². The molecule has 0 saturated heterocycles. The fourth-order valence-corrected chi connectivity index (χ4v) is 1.42. The predicted molar refractivity (Wildman–Crippen MR) is 57.9 cm³/mol. The maximum Gasteiger partial charge on any atom is 0.122 e. The summed E-state index contributed by atoms with van der Waals surface area (Å²) in [7, 11) is 0. The monoisotopic (exact) mass is 194 g/mol. The summed E-state index contributed by atoms with van der Waals surface area (Å²) in [5, 5.41) is 9.35. The zero-order chi connectivity index (χ0) is 10.4. The van der Waals surface area contributed by atoms with E-state index in [1.54, 1.807) is 12.1 Å². The molecule has 0 heterocycles. The van der Waals surface area contributed by atoms with Crippen LogP contribution in [0.4, 0.5) is 0 Å². The minimum Gasteiger partial charge on any atom is -0.508 e. The molecule has 1 aromatic rings. The Balaban J connectivity index is 2.79. The normalized spacial score (nSPS) is 10.1. The molecule has 0 aliphatic heterocycles. The number of rotatable bonds is 5. The molecule has 0 radical (unpaired) electrons. The van der Waals surface area contributed by atoms with Gasteiger partial charge in [0.25, 0.3) is 0 Å². The van der Waals surface area contributed by atoms with E-state index in [1.165, 1.54) is 0 Å². The Morgan fingerprint density at radius 2 is 2.07 bits per heavy atom. The van der Waals surface area contributed by atoms with E-state index in [0.717, 1.165) is 30.6 Å². The summed E-state index contributed by atoms with van der Waals surface area (Å²) in [6.45, 7) is 4.80. The highest BCUT2D eigenvalue weighted by molar-refractivity contribution is 5.39. The van der Waals surface area contributed by atoms with E-state index in [4.69, 9.17) is 4.74 Å². The standard InChI is InChI=1S/C12H18O2/c1-3-5-6-10-9-11(13)7-8-12(10)14-4-2/h7-9,13H,3-6H2,1-2H3. The lowest BCUT2D eigenvalue weighted by Crippen LogP contribution is -1.96. The molecule has 2 nitrogen and oxygen atoms in total. The average Bonchev–Trinajstić information content (AvgIpc) is 2.18. The second kappa shape index (κ2) is 5.53. The molecule has 0 aliphatic rings. The van der Waals surface area contributed by atoms with E-state index < -0.39 is 0 Å². The van der Waals surface area contributed by atoms with Crippen LogP contribution < -0.4 is 4.74 Å². The van der Waals surface area contributed by atoms with Crippen molar-refractivity contribution in [2.24, 2.45) is 0 Å². The van der Waals surface area contributed by atoms with Gasteiger partial charge in [0.15, 0.2) is 0 Å². The van der Waals surface area contributed by atoms with Gasteiger partial charge in [-0.25, -0.2) is 0 Å². The van der Waals surface area contributed by atoms with Crippen molar-refractivity contribution in [3.05, 3.63) is 23.8 Å². The fraction of sp³-hybridized carbons (Fsp3) is 0.500. The molecule has 0 aliphatic carbocycles. The highest BCUT2D eigenvalue weighted by atomic mass is 16.5. The summed E-state index contributed by atoms with van der Waals surface area (Å²) in [6.07, 6.45) is 3.25. The molecule has 78 valence electrons. The molecule has 0 amide bonds. The second-order valence-electron chi connectivity index (χ2n) is 3.33. The molecule has 0 fully saturated rings. The van der Waals surface area contributed by atoms with Gasteiger partial charge in [-0.3, -0.25) is 0 Å². The highest BCUT2D eigenvalue weighted by Crippen LogP contribution is 2.25. The van der Waals surface area contributed by atoms with Gasteiger partial charge in [-0.15, -0.1) is 0 Å². The topological polar surface area (TPSA) is 29.5 Å². The van der Waals surface area contributed by atoms with Crippen molar-refractivity contribution < 1.29 is 9.84 Å². The van der Waals surface area contributed by atoms with E-state index in [-0.39, 0.29) is 0 Å². The Labute approximate surface area is 85.5 Å². The zero-order valence-electron chi connectivity index (χ0n) is 8.92. The van der Waals surface area contributed by atoms with Crippen LogP contribution in [-0.4, -0.2) is 11.7 Å². The zero-order valence-corrected chi connectivity index (χ0v) is 8.92. The summed E-state index contributed by atoms with van der Waals surface area (Å²) in [4.78, 5) is 0. The molecule has 0 bridgehead atoms. The molecule has 1 N–H and O–H groups in total. The van der Waals surface area contributed by atoms with E-state index in [0.29, 0.717) is 12.4 Å². The van der Waals surface area contributed by atoms with Gasteiger partial charge in [0.2, 0.25) is 0 Å². The van der Waals surface area contributed by atoms with Crippen LogP contribution in [0.25, 0.3) is 0 Å². The average molecular weight is 194 g/mol. The summed E-state index contributed by atoms with van der Waals surface area (Å²) < 4.78 is 5.48. The van der Waals surface area contributed by atoms with Crippen molar-refractivity contribution in [3.63, 3.8) is 0 Å². The first-order valence-corrected chi connectivity index (χ1v) is 5.22. The third kappa shape index (κ3) is 2.95. The Morgan fingerprint density at radius 1 is 1.29 bits per heavy atom. The SMILES string of the molecule is CCCCc1cc(O)ccc1OCC. The summed E-state index contributed by atoms with van der Waals surface area (Å²) in [5.41, 5.74) is 1.11. The van der Waals surface area contributed by atoms with Gasteiger partial charge in [0.05, 0.1) is 6.61 Å². The minimum atomic E-state index is 0.319. The number of hydrogen-bond donors (Lipinski definition) is 1. The maximum absolute atomic E-state index is 9.35. The molecule has 2 heteroatoms. The molecule has 0 spiro atoms. The van der Waals surface area contributed by atoms with E-state index in [1.807, 2.05) is 13.0 Å². The molecule has 14 heavy (non-hydrogen) atoms. The van der Waals surface area contributed by atoms with Crippen LogP contribution in [0.5, 0.6) is 11.5 Å². The van der Waals surface area contributed by atoms with Crippen LogP contribution in [-0.2, 0) is 6.42 Å². The van der Waals surface area contributed by atoms with Crippen molar-refractivity contribution >= 4 is 0 Å². The molecule has 1 rings (SSSR count). The fourth-order valence-electron chi connectivity index (χ4n) is 1.42. The lowest BCUT2D eigenvalue weighted by Gasteiger charge is -2.09. The lowest BCUT2D eigenvalue weighted by atomic mass is 10.1. The van der Waals surface area contributed by atoms with Crippen LogP contribution in [0, 0.1) is 0 Å². The Kier molecular flexibility index (Phi) is 4.30. The molecule has 1 aromatic carbocycles. The number of benzene rings is 1. The quantitative estimate of drug-likeness (QED) is 0.780. The van der Waals surface area contributed by atoms with Crippen molar-refractivity contribution in [2.45, 2.75) is 33.1 Å². The Hall–Kier alpha value is -1.18. The first-order chi connectivity index (χ1) is 6.77. The van der Waals surface area contributed by atoms with Crippen molar-refractivity contribution in [1.82, 2.24) is 0 Å². The number of phenolic OH excluding ortho intramolecular Hbond substituents is 1. The smallest absolute Gasteiger partial charge is 0.122 e. The van der Waals surface area contributed by atoms with Gasteiger partial charge in [-0.05, 0) is 43.5 Å². The number of ether oxygens (including phenoxy) is 1. The first-order valence-electron chi connectivity index (χ1n) is 5.22. The van der Waals surface area contributed by atoms with Crippen LogP contribution in [0.15, 0.2) is 18.2 Å². The van der Waals surface area contributed by atoms with Crippen LogP contribution in [0.1, 0.15) is 32.3 Å². The largest absolute Gasteiger partial charge is 0.508 e. The van der Waals surface area contributed by atoms with Crippen LogP contribution >= 0.6 is 0 Å². The van der Waals surface area contributed by atoms with Gasteiger partial charge in [0, 0.05) is 0 Å². The van der Waals surface area contributed by atoms with Crippen molar-refractivity contribution in [1.29, 1.82) is 0 Å². The lowest BCUT2D eigenvalue weighted by molar-refractivity contribution is 0.335. The second-order valence-corrected chi connectivity index (χ2v) is 3.33. The minimum absolute atomic E-state index is 0.319. The number of hydrogen-bond acceptors (Lipinski definition) is 2. The van der Waals surface area contributed by atoms with Gasteiger partial charge >= 0.3 is 0 Å². The van der Waals surface area contributed by atoms with Crippen LogP contribution in [0.3, 0.4) is 0 Å². The highest BCUT2D eigenvalue weighted by Gasteiger charge is 2.03. The molecular weight excluding hydrogens is 176 g/mol. The number of aromatic hydroxyl groups is 1. The van der Waals surface area contributed by atoms with Gasteiger partial charge < -0.3 is 9.84 Å². The van der Waals surface area contributed by atoms with Crippen LogP contribution in [0.2, 0.25) is 0 Å². The number of unbranched alkanes of at least 4 members (excludes halogenated alkanes) is 1. The predicted octanol–water partition coefficient (Wildman–Crippen LogP) is 3.13. The van der Waals surface area contributed by atoms with E-state index in [2.05, 4.69) is 6.92 Å². The van der Waals surface area contributed by atoms with Gasteiger partial charge in [-0.2, -0.15) is 0 Å². The Morgan fingerprint density at radius 3 is 2.71 bits per heavy atom. The number of phenols is 1. The Bertz CT molecular complexity index is 282. The molecule has 0 atom stereocenters. The van der Waals surface area contributed by atoms with Crippen molar-refractivity contribution in [2.75, 3.05) is 6.61 Å². The molecular formula is C12H18O2. The van der Waals surface area contributed by atoms with Gasteiger partial charge in [0.1, 0.15) is 11.5 Å². The first kappa shape index (κ1) is 10.9. The number of aryl methyl sites for hydroxylation is 1. The molecule has 0 unspecified atom stereocenters. The third-order valence-electron chi connectivity index (χ3n) is 2.14. The van der Waals surface area contributed by atoms with Gasteiger partial charge in [-0.1, -0.05) is 13.3 Å². The third-order valence-corrected chi connectivity index (χ3v) is 2.14. The summed E-state index contributed by atoms with van der Waals surface area (Å²) in [6, 6.07) is 5.30. The molecule has 0 aromatic heterocycles. The summed E-state index contributed by atoms with van der Waals surface area (Å²) >= 11 is 0.